The smallest absolute Gasteiger partial charge is 0.259 e. The summed E-state index contributed by atoms with van der Waals surface area (Å²) in [4.78, 5) is 24.0. The average molecular weight is 420 g/mol. The fourth-order valence-corrected chi connectivity index (χ4v) is 3.96. The summed E-state index contributed by atoms with van der Waals surface area (Å²) in [5, 5.41) is 6.14. The third kappa shape index (κ3) is 5.50. The first-order valence-electron chi connectivity index (χ1n) is 8.78. The molecule has 154 valence electrons. The van der Waals surface area contributed by atoms with Gasteiger partial charge in [-0.2, -0.15) is 9.41 Å². The molecule has 29 heavy (non-hydrogen) atoms. The second kappa shape index (κ2) is 9.45. The molecule has 1 saturated heterocycles. The number of hydrazone groups is 1. The van der Waals surface area contributed by atoms with Gasteiger partial charge in [0.1, 0.15) is 5.76 Å². The van der Waals surface area contributed by atoms with Crippen molar-refractivity contribution in [2.45, 2.75) is 4.90 Å². The summed E-state index contributed by atoms with van der Waals surface area (Å²) >= 11 is 0. The normalized spacial score (nSPS) is 15.3. The molecule has 0 saturated carbocycles. The number of carbonyl (C=O) groups excluding carboxylic acids is 2. The zero-order chi connectivity index (χ0) is 20.7. The molecule has 2 N–H and O–H groups in total. The summed E-state index contributed by atoms with van der Waals surface area (Å²) in [7, 11) is -3.63. The molecule has 1 aromatic carbocycles. The number of hydrogen-bond donors (Lipinski definition) is 2. The molecule has 10 nitrogen and oxygen atoms in total. The lowest BCUT2D eigenvalue weighted by Crippen LogP contribution is -2.40. The second-order valence-electron chi connectivity index (χ2n) is 6.03. The van der Waals surface area contributed by atoms with Crippen LogP contribution >= 0.6 is 0 Å². The molecule has 0 aliphatic carbocycles. The highest BCUT2D eigenvalue weighted by Crippen LogP contribution is 2.17. The number of hydrogen-bond acceptors (Lipinski definition) is 7. The minimum absolute atomic E-state index is 0.0981. The molecule has 0 spiro atoms. The number of ether oxygens (including phenoxy) is 1. The first kappa shape index (κ1) is 20.7. The molecular formula is C18H20N4O6S. The lowest BCUT2D eigenvalue weighted by atomic mass is 10.2. The predicted octanol–water partition coefficient (Wildman–Crippen LogP) is 0.181. The van der Waals surface area contributed by atoms with Crippen molar-refractivity contribution in [3.8, 4) is 0 Å². The second-order valence-corrected chi connectivity index (χ2v) is 7.97. The van der Waals surface area contributed by atoms with Gasteiger partial charge in [0.15, 0.2) is 0 Å². The molecule has 1 aliphatic rings. The predicted molar refractivity (Wildman–Crippen MR) is 103 cm³/mol. The van der Waals surface area contributed by atoms with Gasteiger partial charge in [0.05, 0.1) is 37.1 Å². The van der Waals surface area contributed by atoms with E-state index in [4.69, 9.17) is 9.15 Å². The highest BCUT2D eigenvalue weighted by Gasteiger charge is 2.26. The van der Waals surface area contributed by atoms with E-state index in [9.17, 15) is 18.0 Å². The molecule has 1 aromatic heterocycles. The quantitative estimate of drug-likeness (QED) is 0.485. The zero-order valence-corrected chi connectivity index (χ0v) is 16.2. The molecule has 11 heteroatoms. The van der Waals surface area contributed by atoms with Crippen molar-refractivity contribution in [2.75, 3.05) is 32.8 Å². The van der Waals surface area contributed by atoms with E-state index in [2.05, 4.69) is 15.8 Å². The standard InChI is InChI=1S/C18H20N4O6S/c23-17(21-20-12-15-2-1-9-28-15)13-19-18(24)14-3-5-16(6-4-14)29(25,26)22-7-10-27-11-8-22/h1-6,9,12H,7-8,10-11,13H2,(H,19,24)(H,21,23)/b20-12+. The number of morpholine rings is 1. The van der Waals surface area contributed by atoms with Gasteiger partial charge in [0.25, 0.3) is 11.8 Å². The third-order valence-corrected chi connectivity index (χ3v) is 5.97. The van der Waals surface area contributed by atoms with Gasteiger partial charge in [-0.05, 0) is 36.4 Å². The Hall–Kier alpha value is -3.02. The van der Waals surface area contributed by atoms with Crippen LogP contribution in [0.2, 0.25) is 0 Å². The minimum atomic E-state index is -3.63. The van der Waals surface area contributed by atoms with Crippen LogP contribution in [0, 0.1) is 0 Å². The van der Waals surface area contributed by atoms with Crippen LogP contribution in [-0.2, 0) is 19.6 Å². The van der Waals surface area contributed by atoms with Crippen LogP contribution in [0.3, 0.4) is 0 Å². The highest BCUT2D eigenvalue weighted by atomic mass is 32.2. The summed E-state index contributed by atoms with van der Waals surface area (Å²) in [5.41, 5.74) is 2.49. The van der Waals surface area contributed by atoms with Gasteiger partial charge in [-0.25, -0.2) is 13.8 Å². The number of furan rings is 1. The van der Waals surface area contributed by atoms with Gasteiger partial charge in [-0.15, -0.1) is 0 Å². The van der Waals surface area contributed by atoms with Crippen LogP contribution in [-0.4, -0.2) is 63.6 Å². The van der Waals surface area contributed by atoms with E-state index in [0.29, 0.717) is 32.1 Å². The summed E-state index contributed by atoms with van der Waals surface area (Å²) in [6.45, 7) is 1.01. The fourth-order valence-electron chi connectivity index (χ4n) is 2.55. The summed E-state index contributed by atoms with van der Waals surface area (Å²) in [5.74, 6) is -0.556. The van der Waals surface area contributed by atoms with E-state index in [1.54, 1.807) is 12.1 Å². The summed E-state index contributed by atoms with van der Waals surface area (Å²) < 4.78 is 36.7. The van der Waals surface area contributed by atoms with E-state index >= 15 is 0 Å². The summed E-state index contributed by atoms with van der Waals surface area (Å²) in [6, 6.07) is 8.88. The monoisotopic (exact) mass is 420 g/mol. The van der Waals surface area contributed by atoms with Crippen molar-refractivity contribution in [2.24, 2.45) is 5.10 Å². The summed E-state index contributed by atoms with van der Waals surface area (Å²) in [6.07, 6.45) is 2.80. The van der Waals surface area contributed by atoms with Gasteiger partial charge >= 0.3 is 0 Å². The largest absolute Gasteiger partial charge is 0.463 e. The van der Waals surface area contributed by atoms with E-state index in [0.717, 1.165) is 0 Å². The van der Waals surface area contributed by atoms with Gasteiger partial charge < -0.3 is 14.5 Å². The van der Waals surface area contributed by atoms with Crippen molar-refractivity contribution >= 4 is 28.1 Å². The molecule has 0 atom stereocenters. The van der Waals surface area contributed by atoms with Gasteiger partial charge in [-0.3, -0.25) is 9.59 Å². The molecule has 1 fully saturated rings. The maximum Gasteiger partial charge on any atom is 0.259 e. The van der Waals surface area contributed by atoms with Crippen LogP contribution in [0.5, 0.6) is 0 Å². The lowest BCUT2D eigenvalue weighted by Gasteiger charge is -2.26. The van der Waals surface area contributed by atoms with Crippen LogP contribution in [0.15, 0.2) is 57.1 Å². The number of nitrogens with one attached hydrogen (secondary N) is 2. The maximum absolute atomic E-state index is 12.6. The molecule has 3 rings (SSSR count). The Labute approximate surface area is 167 Å². The van der Waals surface area contributed by atoms with Gasteiger partial charge in [0.2, 0.25) is 10.0 Å². The Balaban J connectivity index is 1.51. The Bertz CT molecular complexity index is 964. The molecule has 2 amide bonds. The van der Waals surface area contributed by atoms with Crippen molar-refractivity contribution in [1.82, 2.24) is 15.0 Å². The van der Waals surface area contributed by atoms with Crippen LogP contribution < -0.4 is 10.7 Å². The number of nitrogens with zero attached hydrogens (tertiary/aromatic N) is 2. The number of rotatable bonds is 7. The molecule has 0 unspecified atom stereocenters. The van der Waals surface area contributed by atoms with Crippen molar-refractivity contribution < 1.29 is 27.2 Å². The highest BCUT2D eigenvalue weighted by molar-refractivity contribution is 7.89. The lowest BCUT2D eigenvalue weighted by molar-refractivity contribution is -0.120. The average Bonchev–Trinajstić information content (AvgIpc) is 3.26. The van der Waals surface area contributed by atoms with Crippen LogP contribution in [0.25, 0.3) is 0 Å². The number of carbonyl (C=O) groups is 2. The van der Waals surface area contributed by atoms with Gasteiger partial charge in [0, 0.05) is 18.7 Å². The van der Waals surface area contributed by atoms with Crippen molar-refractivity contribution in [1.29, 1.82) is 0 Å². The topological polar surface area (TPSA) is 130 Å². The maximum atomic E-state index is 12.6. The Morgan fingerprint density at radius 3 is 2.52 bits per heavy atom. The number of benzene rings is 1. The van der Waals surface area contributed by atoms with Gasteiger partial charge in [-0.1, -0.05) is 0 Å². The first-order valence-corrected chi connectivity index (χ1v) is 10.2. The third-order valence-electron chi connectivity index (χ3n) is 4.06. The molecule has 0 radical (unpaired) electrons. The van der Waals surface area contributed by atoms with E-state index in [1.165, 1.54) is 41.0 Å². The Kier molecular flexibility index (Phi) is 6.75. The first-order chi connectivity index (χ1) is 14.0. The fraction of sp³-hybridized carbons (Fsp3) is 0.278. The Morgan fingerprint density at radius 1 is 1.14 bits per heavy atom. The minimum Gasteiger partial charge on any atom is -0.463 e. The molecule has 1 aliphatic heterocycles. The van der Waals surface area contributed by atoms with E-state index in [1.807, 2.05) is 0 Å². The zero-order valence-electron chi connectivity index (χ0n) is 15.4. The SMILES string of the molecule is O=C(CNC(=O)c1ccc(S(=O)(=O)N2CCOCC2)cc1)N/N=C/c1ccco1. The van der Waals surface area contributed by atoms with Crippen molar-refractivity contribution in [3.63, 3.8) is 0 Å². The van der Waals surface area contributed by atoms with Crippen LogP contribution in [0.4, 0.5) is 0 Å². The van der Waals surface area contributed by atoms with E-state index < -0.39 is 21.8 Å². The molecule has 2 aromatic rings. The number of sulfonamides is 1. The van der Waals surface area contributed by atoms with Crippen LogP contribution in [0.1, 0.15) is 16.1 Å². The van der Waals surface area contributed by atoms with E-state index in [-0.39, 0.29) is 17.0 Å². The number of amides is 2. The molecular weight excluding hydrogens is 400 g/mol. The van der Waals surface area contributed by atoms with Crippen molar-refractivity contribution in [3.05, 3.63) is 54.0 Å². The Morgan fingerprint density at radius 2 is 1.86 bits per heavy atom. The molecule has 0 bridgehead atoms. The molecule has 2 heterocycles.